The first-order valence-electron chi connectivity index (χ1n) is 7.60. The van der Waals surface area contributed by atoms with Crippen LogP contribution in [0.1, 0.15) is 12.8 Å². The summed E-state index contributed by atoms with van der Waals surface area (Å²) in [6.45, 7) is -0.114. The molecule has 0 radical (unpaired) electrons. The lowest BCUT2D eigenvalue weighted by Crippen LogP contribution is -2.43. The number of nitrogens with zero attached hydrogens (tertiary/aromatic N) is 2. The van der Waals surface area contributed by atoms with Gasteiger partial charge in [-0.2, -0.15) is 0 Å². The molecule has 0 aromatic rings. The fourth-order valence-electron chi connectivity index (χ4n) is 3.10. The van der Waals surface area contributed by atoms with Crippen LogP contribution < -0.4 is 0 Å². The molecule has 2 N–H and O–H groups in total. The van der Waals surface area contributed by atoms with E-state index in [0.29, 0.717) is 0 Å². The van der Waals surface area contributed by atoms with Gasteiger partial charge in [0.1, 0.15) is 29.9 Å². The zero-order valence-corrected chi connectivity index (χ0v) is 14.6. The van der Waals surface area contributed by atoms with Crippen LogP contribution in [0.2, 0.25) is 0 Å². The summed E-state index contributed by atoms with van der Waals surface area (Å²) in [6.07, 6.45) is -1.75. The third-order valence-corrected chi connectivity index (χ3v) is 4.71. The van der Waals surface area contributed by atoms with Gasteiger partial charge in [0.15, 0.2) is 0 Å². The topological polar surface area (TPSA) is 124 Å². The Bertz CT molecular complexity index is 573. The van der Waals surface area contributed by atoms with E-state index in [0.717, 1.165) is 9.80 Å². The number of carbonyl (C=O) groups excluding carboxylic acids is 3. The van der Waals surface area contributed by atoms with Crippen LogP contribution in [0.15, 0.2) is 0 Å². The van der Waals surface area contributed by atoms with E-state index in [-0.39, 0.29) is 37.7 Å². The molecule has 2 heterocycles. The molecule has 0 saturated carbocycles. The Balaban J connectivity index is 2.04. The van der Waals surface area contributed by atoms with E-state index in [4.69, 9.17) is 27.9 Å². The third-order valence-electron chi connectivity index (χ3n) is 4.25. The maximum atomic E-state index is 12.4. The van der Waals surface area contributed by atoms with Crippen molar-refractivity contribution in [3.05, 3.63) is 0 Å². The van der Waals surface area contributed by atoms with Gasteiger partial charge in [-0.3, -0.25) is 9.59 Å². The highest BCUT2D eigenvalue weighted by Crippen LogP contribution is 2.25. The Morgan fingerprint density at radius 3 is 2.04 bits per heavy atom. The highest BCUT2D eigenvalue weighted by atomic mass is 35.5. The fraction of sp³-hybridized carbons (Fsp3) is 0.714. The third kappa shape index (κ3) is 4.34. The summed E-state index contributed by atoms with van der Waals surface area (Å²) in [5, 5.41) is 18.9. The molecule has 25 heavy (non-hydrogen) atoms. The summed E-state index contributed by atoms with van der Waals surface area (Å²) in [4.78, 5) is 49.3. The van der Waals surface area contributed by atoms with Crippen molar-refractivity contribution in [2.24, 2.45) is 0 Å². The summed E-state index contributed by atoms with van der Waals surface area (Å²) in [5.41, 5.74) is 0. The van der Waals surface area contributed by atoms with Gasteiger partial charge in [0.05, 0.1) is 12.6 Å². The van der Waals surface area contributed by atoms with Gasteiger partial charge in [-0.25, -0.2) is 9.59 Å². The molecule has 2 aliphatic heterocycles. The number of aliphatic hydroxyl groups excluding tert-OH is 1. The number of halogens is 2. The molecule has 0 spiro atoms. The van der Waals surface area contributed by atoms with Crippen molar-refractivity contribution in [2.75, 3.05) is 24.8 Å². The van der Waals surface area contributed by atoms with Crippen LogP contribution in [0.25, 0.3) is 0 Å². The van der Waals surface area contributed by atoms with Crippen LogP contribution >= 0.6 is 23.2 Å². The van der Waals surface area contributed by atoms with E-state index in [1.165, 1.54) is 0 Å². The van der Waals surface area contributed by atoms with Gasteiger partial charge >= 0.3 is 11.9 Å². The van der Waals surface area contributed by atoms with E-state index in [2.05, 4.69) is 0 Å². The number of amides is 2. The molecule has 2 fully saturated rings. The Morgan fingerprint density at radius 2 is 1.52 bits per heavy atom. The van der Waals surface area contributed by atoms with Gasteiger partial charge in [-0.05, 0) is 0 Å². The van der Waals surface area contributed by atoms with Crippen LogP contribution in [0, 0.1) is 0 Å². The minimum absolute atomic E-state index is 0.0147. The van der Waals surface area contributed by atoms with E-state index in [9.17, 15) is 29.4 Å². The van der Waals surface area contributed by atoms with Crippen molar-refractivity contribution >= 4 is 47.0 Å². The van der Waals surface area contributed by atoms with Crippen molar-refractivity contribution in [3.8, 4) is 0 Å². The molecule has 0 aliphatic carbocycles. The monoisotopic (exact) mass is 396 g/mol. The number of β-amino-alcohol motifs (C(OH)–C–C–N with tert-alkyl or cyclic N) is 1. The summed E-state index contributed by atoms with van der Waals surface area (Å²) in [6, 6.07) is -2.11. The van der Waals surface area contributed by atoms with E-state index in [1.54, 1.807) is 0 Å². The lowest BCUT2D eigenvalue weighted by molar-refractivity contribution is -0.157. The summed E-state index contributed by atoms with van der Waals surface area (Å²) < 4.78 is 5.29. The van der Waals surface area contributed by atoms with Gasteiger partial charge in [-0.1, -0.05) is 0 Å². The Labute approximate surface area is 153 Å². The number of aliphatic hydroxyl groups is 1. The summed E-state index contributed by atoms with van der Waals surface area (Å²) in [5.74, 6) is -3.76. The van der Waals surface area contributed by atoms with E-state index >= 15 is 0 Å². The number of carboxylic acid groups (broad SMARTS) is 1. The average molecular weight is 397 g/mol. The van der Waals surface area contributed by atoms with Crippen LogP contribution in [0.3, 0.4) is 0 Å². The van der Waals surface area contributed by atoms with Gasteiger partial charge in [0.2, 0.25) is 11.8 Å². The predicted molar refractivity (Wildman–Crippen MR) is 85.2 cm³/mol. The number of hydrogen-bond acceptors (Lipinski definition) is 6. The number of ether oxygens (including phenoxy) is 1. The second-order valence-electron chi connectivity index (χ2n) is 5.91. The fourth-order valence-corrected chi connectivity index (χ4v) is 3.41. The number of hydrogen-bond donors (Lipinski definition) is 2. The summed E-state index contributed by atoms with van der Waals surface area (Å²) in [7, 11) is 0. The highest BCUT2D eigenvalue weighted by Gasteiger charge is 2.44. The molecular weight excluding hydrogens is 379 g/mol. The molecule has 4 atom stereocenters. The second kappa shape index (κ2) is 8.20. The number of carboxylic acids is 1. The van der Waals surface area contributed by atoms with E-state index < -0.39 is 48.0 Å². The molecule has 2 saturated heterocycles. The van der Waals surface area contributed by atoms with Crippen molar-refractivity contribution < 1.29 is 34.1 Å². The van der Waals surface area contributed by atoms with Crippen LogP contribution in [-0.2, 0) is 23.9 Å². The van der Waals surface area contributed by atoms with Gasteiger partial charge < -0.3 is 24.7 Å². The molecule has 2 amide bonds. The zero-order chi connectivity index (χ0) is 18.7. The Hall–Kier alpha value is -1.58. The number of rotatable bonds is 5. The number of aliphatic carboxylic acids is 1. The van der Waals surface area contributed by atoms with Gasteiger partial charge in [0.25, 0.3) is 0 Å². The molecule has 11 heteroatoms. The average Bonchev–Trinajstić information content (AvgIpc) is 3.17. The molecule has 0 unspecified atom stereocenters. The van der Waals surface area contributed by atoms with Crippen LogP contribution in [0.5, 0.6) is 0 Å². The SMILES string of the molecule is O=C(O)[C@@H]1C[C@@H](OC(=O)[C@@H]2C[C@@H](O)CN2C(=O)CCl)CN1C(=O)CCl. The smallest absolute Gasteiger partial charge is 0.329 e. The normalized spacial score (nSPS) is 28.9. The predicted octanol–water partition coefficient (Wildman–Crippen LogP) is -0.977. The number of carbonyl (C=O) groups is 4. The minimum atomic E-state index is -1.22. The molecular formula is C14H18Cl2N2O7. The first kappa shape index (κ1) is 19.7. The largest absolute Gasteiger partial charge is 0.480 e. The second-order valence-corrected chi connectivity index (χ2v) is 6.45. The zero-order valence-electron chi connectivity index (χ0n) is 13.1. The molecule has 9 nitrogen and oxygen atoms in total. The maximum absolute atomic E-state index is 12.4. The first-order valence-corrected chi connectivity index (χ1v) is 8.67. The van der Waals surface area contributed by atoms with Crippen molar-refractivity contribution in [2.45, 2.75) is 37.1 Å². The Kier molecular flexibility index (Phi) is 6.47. The summed E-state index contributed by atoms with van der Waals surface area (Å²) >= 11 is 11.0. The van der Waals surface area contributed by atoms with Gasteiger partial charge in [-0.15, -0.1) is 23.2 Å². The molecule has 140 valence electrons. The Morgan fingerprint density at radius 1 is 0.960 bits per heavy atom. The van der Waals surface area contributed by atoms with Crippen LogP contribution in [0.4, 0.5) is 0 Å². The minimum Gasteiger partial charge on any atom is -0.480 e. The molecule has 2 rings (SSSR count). The van der Waals surface area contributed by atoms with Crippen molar-refractivity contribution in [3.63, 3.8) is 0 Å². The number of esters is 1. The molecule has 0 aromatic heterocycles. The van der Waals surface area contributed by atoms with Crippen molar-refractivity contribution in [1.82, 2.24) is 9.80 Å². The maximum Gasteiger partial charge on any atom is 0.329 e. The first-order chi connectivity index (χ1) is 11.8. The molecule has 0 aromatic carbocycles. The van der Waals surface area contributed by atoms with Crippen molar-refractivity contribution in [1.29, 1.82) is 0 Å². The number of alkyl halides is 2. The number of likely N-dealkylation sites (tertiary alicyclic amines) is 2. The standard InChI is InChI=1S/C14H18Cl2N2O7/c15-3-11(20)17-5-7(19)1-10(17)14(24)25-8-2-9(13(22)23)18(6-8)12(21)4-16/h7-10,19H,1-6H2,(H,22,23)/t7-,8-,9+,10+/m1/s1. The lowest BCUT2D eigenvalue weighted by atomic mass is 10.2. The van der Waals surface area contributed by atoms with Crippen LogP contribution in [-0.4, -0.2) is 92.9 Å². The quantitative estimate of drug-likeness (QED) is 0.452. The van der Waals surface area contributed by atoms with Gasteiger partial charge in [0, 0.05) is 19.4 Å². The lowest BCUT2D eigenvalue weighted by Gasteiger charge is -2.23. The molecule has 2 aliphatic rings. The molecule has 0 bridgehead atoms. The van der Waals surface area contributed by atoms with E-state index in [1.807, 2.05) is 0 Å². The highest BCUT2D eigenvalue weighted by molar-refractivity contribution is 6.27.